The summed E-state index contributed by atoms with van der Waals surface area (Å²) < 4.78 is 76.7. The third-order valence-corrected chi connectivity index (χ3v) is 2.69. The fourth-order valence-electron chi connectivity index (χ4n) is 1.51. The Bertz CT molecular complexity index is 649. The van der Waals surface area contributed by atoms with Gasteiger partial charge in [0.15, 0.2) is 4.77 Å². The van der Waals surface area contributed by atoms with E-state index in [0.717, 1.165) is 10.9 Å². The molecule has 0 fully saturated rings. The van der Waals surface area contributed by atoms with Gasteiger partial charge in [-0.25, -0.2) is 0 Å². The number of aromatic amines is 1. The summed E-state index contributed by atoms with van der Waals surface area (Å²) in [6.07, 6.45) is -8.80. The number of hydrogen-bond acceptors (Lipinski definition) is 2. The number of rotatable bonds is 1. The molecule has 20 heavy (non-hydrogen) atoms. The molecule has 0 bridgehead atoms. The standard InChI is InChI=1S/C10H5F6N3S/c11-9(12,13)5-1-6(10(14,15)16)3-7(2-5)19-4-17-18-8(19)20/h1-4H,(H,18,20). The van der Waals surface area contributed by atoms with Gasteiger partial charge in [0.05, 0.1) is 16.8 Å². The summed E-state index contributed by atoms with van der Waals surface area (Å²) >= 11 is 4.72. The lowest BCUT2D eigenvalue weighted by Crippen LogP contribution is -2.12. The zero-order valence-corrected chi connectivity index (χ0v) is 10.2. The van der Waals surface area contributed by atoms with Crippen molar-refractivity contribution in [3.05, 3.63) is 40.4 Å². The van der Waals surface area contributed by atoms with Crippen molar-refractivity contribution in [1.29, 1.82) is 0 Å². The van der Waals surface area contributed by atoms with Crippen LogP contribution in [0.3, 0.4) is 0 Å². The van der Waals surface area contributed by atoms with E-state index < -0.39 is 23.5 Å². The van der Waals surface area contributed by atoms with E-state index in [1.165, 1.54) is 0 Å². The summed E-state index contributed by atoms with van der Waals surface area (Å²) in [6.45, 7) is 0. The minimum absolute atomic E-state index is 0.0488. The largest absolute Gasteiger partial charge is 0.416 e. The molecule has 0 saturated heterocycles. The van der Waals surface area contributed by atoms with Crippen molar-refractivity contribution < 1.29 is 26.3 Å². The van der Waals surface area contributed by atoms with Gasteiger partial charge in [0.2, 0.25) is 0 Å². The lowest BCUT2D eigenvalue weighted by molar-refractivity contribution is -0.143. The minimum atomic E-state index is -4.90. The molecular formula is C10H5F6N3S. The first-order valence-corrected chi connectivity index (χ1v) is 5.42. The van der Waals surface area contributed by atoms with Crippen LogP contribution in [0.1, 0.15) is 11.1 Å². The molecule has 0 aliphatic heterocycles. The third-order valence-electron chi connectivity index (χ3n) is 2.40. The van der Waals surface area contributed by atoms with Gasteiger partial charge < -0.3 is 0 Å². The maximum atomic E-state index is 12.7. The zero-order valence-electron chi connectivity index (χ0n) is 9.38. The second-order valence-corrected chi connectivity index (χ2v) is 4.18. The van der Waals surface area contributed by atoms with Gasteiger partial charge in [0.25, 0.3) is 0 Å². The second kappa shape index (κ2) is 4.62. The molecular weight excluding hydrogens is 308 g/mol. The molecule has 0 saturated carbocycles. The molecule has 0 spiro atoms. The van der Waals surface area contributed by atoms with Crippen LogP contribution in [0, 0.1) is 4.77 Å². The summed E-state index contributed by atoms with van der Waals surface area (Å²) in [5.74, 6) is 0. The zero-order chi connectivity index (χ0) is 15.1. The average molecular weight is 313 g/mol. The summed E-state index contributed by atoms with van der Waals surface area (Å²) in [6, 6.07) is 1.19. The van der Waals surface area contributed by atoms with E-state index in [2.05, 4.69) is 10.2 Å². The SMILES string of the molecule is FC(F)(F)c1cc(-n2cn[nH]c2=S)cc(C(F)(F)F)c1. The van der Waals surface area contributed by atoms with Crippen LogP contribution in [-0.2, 0) is 12.4 Å². The van der Waals surface area contributed by atoms with Gasteiger partial charge in [-0.3, -0.25) is 9.67 Å². The maximum Gasteiger partial charge on any atom is 0.416 e. The quantitative estimate of drug-likeness (QED) is 0.638. The number of nitrogens with zero attached hydrogens (tertiary/aromatic N) is 2. The lowest BCUT2D eigenvalue weighted by atomic mass is 10.1. The van der Waals surface area contributed by atoms with Crippen molar-refractivity contribution >= 4 is 12.2 Å². The molecule has 0 aliphatic carbocycles. The van der Waals surface area contributed by atoms with E-state index in [-0.39, 0.29) is 16.5 Å². The first kappa shape index (κ1) is 14.6. The van der Waals surface area contributed by atoms with Gasteiger partial charge >= 0.3 is 12.4 Å². The van der Waals surface area contributed by atoms with Crippen LogP contribution in [0.15, 0.2) is 24.5 Å². The Balaban J connectivity index is 2.70. The fraction of sp³-hybridized carbons (Fsp3) is 0.200. The highest BCUT2D eigenvalue weighted by atomic mass is 32.1. The smallest absolute Gasteiger partial charge is 0.275 e. The topological polar surface area (TPSA) is 33.6 Å². The Morgan fingerprint density at radius 3 is 1.80 bits per heavy atom. The van der Waals surface area contributed by atoms with E-state index in [1.54, 1.807) is 0 Å². The van der Waals surface area contributed by atoms with Crippen LogP contribution in [0.25, 0.3) is 5.69 Å². The van der Waals surface area contributed by atoms with Crippen molar-refractivity contribution in [2.45, 2.75) is 12.4 Å². The molecule has 1 N–H and O–H groups in total. The molecule has 10 heteroatoms. The molecule has 1 aromatic heterocycles. The second-order valence-electron chi connectivity index (χ2n) is 3.80. The van der Waals surface area contributed by atoms with Crippen LogP contribution in [0.5, 0.6) is 0 Å². The summed E-state index contributed by atoms with van der Waals surface area (Å²) in [7, 11) is 0. The molecule has 1 heterocycles. The number of H-pyrrole nitrogens is 1. The van der Waals surface area contributed by atoms with Crippen LogP contribution < -0.4 is 0 Å². The van der Waals surface area contributed by atoms with Gasteiger partial charge in [0, 0.05) is 0 Å². The Labute approximate surface area is 112 Å². The monoisotopic (exact) mass is 313 g/mol. The Kier molecular flexibility index (Phi) is 3.36. The fourth-order valence-corrected chi connectivity index (χ4v) is 1.71. The highest BCUT2D eigenvalue weighted by molar-refractivity contribution is 7.71. The molecule has 0 amide bonds. The molecule has 2 rings (SSSR count). The molecule has 1 aromatic carbocycles. The summed E-state index contributed by atoms with van der Waals surface area (Å²) in [4.78, 5) is 0. The van der Waals surface area contributed by atoms with E-state index in [1.807, 2.05) is 0 Å². The first-order valence-electron chi connectivity index (χ1n) is 5.01. The van der Waals surface area contributed by atoms with Crippen LogP contribution in [0.2, 0.25) is 0 Å². The third kappa shape index (κ3) is 2.84. The molecule has 3 nitrogen and oxygen atoms in total. The van der Waals surface area contributed by atoms with Crippen LogP contribution >= 0.6 is 12.2 Å². The number of benzene rings is 1. The van der Waals surface area contributed by atoms with Crippen molar-refractivity contribution in [3.63, 3.8) is 0 Å². The van der Waals surface area contributed by atoms with Crippen molar-refractivity contribution in [3.8, 4) is 5.69 Å². The Morgan fingerprint density at radius 2 is 1.45 bits per heavy atom. The maximum absolute atomic E-state index is 12.7. The van der Waals surface area contributed by atoms with Crippen molar-refractivity contribution in [1.82, 2.24) is 14.8 Å². The summed E-state index contributed by atoms with van der Waals surface area (Å²) in [5, 5.41) is 5.70. The predicted molar refractivity (Wildman–Crippen MR) is 58.8 cm³/mol. The molecule has 0 atom stereocenters. The summed E-state index contributed by atoms with van der Waals surface area (Å²) in [5.41, 5.74) is -3.19. The molecule has 108 valence electrons. The van der Waals surface area contributed by atoms with Gasteiger partial charge in [-0.05, 0) is 30.4 Å². The van der Waals surface area contributed by atoms with Gasteiger partial charge in [-0.2, -0.15) is 31.4 Å². The minimum Gasteiger partial charge on any atom is -0.275 e. The molecule has 0 unspecified atom stereocenters. The lowest BCUT2D eigenvalue weighted by Gasteiger charge is -2.14. The Morgan fingerprint density at radius 1 is 0.950 bits per heavy atom. The van der Waals surface area contributed by atoms with Gasteiger partial charge in [0.1, 0.15) is 6.33 Å². The van der Waals surface area contributed by atoms with E-state index in [0.29, 0.717) is 12.1 Å². The molecule has 2 aromatic rings. The van der Waals surface area contributed by atoms with Crippen molar-refractivity contribution in [2.75, 3.05) is 0 Å². The predicted octanol–water partition coefficient (Wildman–Crippen LogP) is 3.97. The highest BCUT2D eigenvalue weighted by Gasteiger charge is 2.37. The Hall–Kier alpha value is -1.84. The van der Waals surface area contributed by atoms with Crippen LogP contribution in [-0.4, -0.2) is 14.8 Å². The van der Waals surface area contributed by atoms with Gasteiger partial charge in [-0.15, -0.1) is 0 Å². The molecule has 0 radical (unpaired) electrons. The number of aromatic nitrogens is 3. The average Bonchev–Trinajstić information content (AvgIpc) is 2.72. The molecule has 0 aliphatic rings. The van der Waals surface area contributed by atoms with E-state index >= 15 is 0 Å². The van der Waals surface area contributed by atoms with Gasteiger partial charge in [-0.1, -0.05) is 0 Å². The normalized spacial score (nSPS) is 12.7. The first-order chi connectivity index (χ1) is 9.09. The van der Waals surface area contributed by atoms with E-state index in [4.69, 9.17) is 12.2 Å². The number of nitrogens with one attached hydrogen (secondary N) is 1. The van der Waals surface area contributed by atoms with E-state index in [9.17, 15) is 26.3 Å². The van der Waals surface area contributed by atoms with Crippen LogP contribution in [0.4, 0.5) is 26.3 Å². The highest BCUT2D eigenvalue weighted by Crippen LogP contribution is 2.37. The number of hydrogen-bond donors (Lipinski definition) is 1. The number of halogens is 6. The number of alkyl halides is 6. The van der Waals surface area contributed by atoms with Crippen molar-refractivity contribution in [2.24, 2.45) is 0 Å².